The Bertz CT molecular complexity index is 1130. The molecule has 0 saturated carbocycles. The summed E-state index contributed by atoms with van der Waals surface area (Å²) in [5.74, 6) is 0.563. The maximum absolute atomic E-state index is 5.31. The maximum atomic E-state index is 5.31. The van der Waals surface area contributed by atoms with Crippen molar-refractivity contribution in [3.63, 3.8) is 0 Å². The number of nitrogens with zero attached hydrogens (tertiary/aromatic N) is 4. The summed E-state index contributed by atoms with van der Waals surface area (Å²) in [5.41, 5.74) is 3.51. The first-order chi connectivity index (χ1) is 12.7. The molecule has 4 aromatic rings. The largest absolute Gasteiger partial charge is 0.274 e. The molecule has 2 aromatic heterocycles. The molecule has 8 heteroatoms. The van der Waals surface area contributed by atoms with Gasteiger partial charge in [0.25, 0.3) is 0 Å². The fourth-order valence-corrected chi connectivity index (χ4v) is 3.03. The number of hydrogen-bond donors (Lipinski definition) is 2. The average molecular weight is 425 g/mol. The van der Waals surface area contributed by atoms with Gasteiger partial charge in [-0.3, -0.25) is 5.10 Å². The van der Waals surface area contributed by atoms with Crippen LogP contribution in [0.15, 0.2) is 70.2 Å². The minimum Gasteiger partial charge on any atom is -0.274 e. The molecule has 0 atom stereocenters. The van der Waals surface area contributed by atoms with Gasteiger partial charge in [0.2, 0.25) is 10.6 Å². The van der Waals surface area contributed by atoms with E-state index in [2.05, 4.69) is 41.4 Å². The number of benzene rings is 2. The van der Waals surface area contributed by atoms with Crippen LogP contribution in [0.3, 0.4) is 0 Å². The summed E-state index contributed by atoms with van der Waals surface area (Å²) in [6, 6.07) is 19.7. The molecule has 0 aliphatic heterocycles. The van der Waals surface area contributed by atoms with Crippen molar-refractivity contribution in [3.8, 4) is 22.8 Å². The van der Waals surface area contributed by atoms with E-state index in [9.17, 15) is 0 Å². The zero-order chi connectivity index (χ0) is 17.9. The SMILES string of the molecule is S=c1[nH]nc(-c2cc(-c3ccccc3)n[nH]2)n1N=Cc1ccccc1Br. The molecular formula is C18H13BrN6S. The van der Waals surface area contributed by atoms with Crippen molar-refractivity contribution in [2.45, 2.75) is 0 Å². The van der Waals surface area contributed by atoms with Crippen LogP contribution < -0.4 is 0 Å². The van der Waals surface area contributed by atoms with E-state index in [0.717, 1.165) is 27.0 Å². The minimum atomic E-state index is 0.402. The molecule has 128 valence electrons. The molecule has 0 saturated heterocycles. The molecule has 0 radical (unpaired) electrons. The second kappa shape index (κ2) is 7.19. The van der Waals surface area contributed by atoms with Crippen LogP contribution in [0, 0.1) is 4.77 Å². The summed E-state index contributed by atoms with van der Waals surface area (Å²) < 4.78 is 2.92. The lowest BCUT2D eigenvalue weighted by Crippen LogP contribution is -1.95. The number of halogens is 1. The van der Waals surface area contributed by atoms with Crippen molar-refractivity contribution in [3.05, 3.63) is 75.5 Å². The highest BCUT2D eigenvalue weighted by molar-refractivity contribution is 9.10. The Balaban J connectivity index is 1.70. The third-order valence-corrected chi connectivity index (χ3v) is 4.74. The molecule has 0 aliphatic rings. The summed E-state index contributed by atoms with van der Waals surface area (Å²) in [4.78, 5) is 0. The fourth-order valence-electron chi connectivity index (χ4n) is 2.47. The van der Waals surface area contributed by atoms with Gasteiger partial charge in [0.15, 0.2) is 0 Å². The van der Waals surface area contributed by atoms with Crippen LogP contribution in [0.2, 0.25) is 0 Å². The molecule has 0 amide bonds. The van der Waals surface area contributed by atoms with Gasteiger partial charge in [-0.1, -0.05) is 64.5 Å². The number of aromatic amines is 2. The molecule has 2 N–H and O–H groups in total. The Morgan fingerprint density at radius 2 is 1.77 bits per heavy atom. The van der Waals surface area contributed by atoms with Crippen LogP contribution in [0.4, 0.5) is 0 Å². The second-order valence-electron chi connectivity index (χ2n) is 5.46. The predicted molar refractivity (Wildman–Crippen MR) is 108 cm³/mol. The van der Waals surface area contributed by atoms with Crippen molar-refractivity contribution in [2.24, 2.45) is 5.10 Å². The van der Waals surface area contributed by atoms with E-state index < -0.39 is 0 Å². The Morgan fingerprint density at radius 3 is 2.58 bits per heavy atom. The molecular weight excluding hydrogens is 412 g/mol. The third-order valence-electron chi connectivity index (χ3n) is 3.76. The van der Waals surface area contributed by atoms with Crippen LogP contribution in [-0.2, 0) is 0 Å². The summed E-state index contributed by atoms with van der Waals surface area (Å²) in [6.07, 6.45) is 1.73. The Labute approximate surface area is 162 Å². The molecule has 0 unspecified atom stereocenters. The van der Waals surface area contributed by atoms with E-state index >= 15 is 0 Å². The zero-order valence-corrected chi connectivity index (χ0v) is 15.8. The van der Waals surface area contributed by atoms with Gasteiger partial charge in [-0.2, -0.15) is 20.0 Å². The van der Waals surface area contributed by atoms with Crippen molar-refractivity contribution < 1.29 is 0 Å². The Hall–Kier alpha value is -2.84. The standard InChI is InChI=1S/C18H13BrN6S/c19-14-9-5-4-8-13(14)11-20-25-17(23-24-18(25)26)16-10-15(21-22-16)12-6-2-1-3-7-12/h1-11H,(H,21,22)(H,24,26). The normalized spacial score (nSPS) is 11.3. The Morgan fingerprint density at radius 1 is 1.00 bits per heavy atom. The zero-order valence-electron chi connectivity index (χ0n) is 13.4. The monoisotopic (exact) mass is 424 g/mol. The van der Waals surface area contributed by atoms with Gasteiger partial charge in [-0.25, -0.2) is 5.10 Å². The van der Waals surface area contributed by atoms with E-state index in [1.165, 1.54) is 0 Å². The highest BCUT2D eigenvalue weighted by atomic mass is 79.9. The van der Waals surface area contributed by atoms with E-state index in [1.54, 1.807) is 10.9 Å². The number of nitrogens with one attached hydrogen (secondary N) is 2. The van der Waals surface area contributed by atoms with Crippen molar-refractivity contribution in [1.29, 1.82) is 0 Å². The molecule has 2 aromatic carbocycles. The first-order valence-electron chi connectivity index (χ1n) is 7.80. The maximum Gasteiger partial charge on any atom is 0.216 e. The van der Waals surface area contributed by atoms with Crippen molar-refractivity contribution >= 4 is 34.4 Å². The first-order valence-corrected chi connectivity index (χ1v) is 9.00. The lowest BCUT2D eigenvalue weighted by atomic mass is 10.1. The topological polar surface area (TPSA) is 74.7 Å². The quantitative estimate of drug-likeness (QED) is 0.370. The summed E-state index contributed by atoms with van der Waals surface area (Å²) >= 11 is 8.81. The smallest absolute Gasteiger partial charge is 0.216 e. The van der Waals surface area contributed by atoms with E-state index in [1.807, 2.05) is 60.7 Å². The highest BCUT2D eigenvalue weighted by Crippen LogP contribution is 2.22. The lowest BCUT2D eigenvalue weighted by Gasteiger charge is -1.99. The molecule has 6 nitrogen and oxygen atoms in total. The number of hydrogen-bond acceptors (Lipinski definition) is 4. The van der Waals surface area contributed by atoms with Crippen molar-refractivity contribution in [1.82, 2.24) is 25.1 Å². The summed E-state index contributed by atoms with van der Waals surface area (Å²) in [5, 5.41) is 18.9. The van der Waals surface area contributed by atoms with Gasteiger partial charge in [0.1, 0.15) is 5.69 Å². The van der Waals surface area contributed by atoms with E-state index in [4.69, 9.17) is 12.2 Å². The van der Waals surface area contributed by atoms with Crippen LogP contribution in [0.5, 0.6) is 0 Å². The summed E-state index contributed by atoms with van der Waals surface area (Å²) in [6.45, 7) is 0. The summed E-state index contributed by atoms with van der Waals surface area (Å²) in [7, 11) is 0. The average Bonchev–Trinajstić information content (AvgIpc) is 3.29. The number of aromatic nitrogens is 5. The Kier molecular flexibility index (Phi) is 4.59. The van der Waals surface area contributed by atoms with Crippen LogP contribution >= 0.6 is 28.1 Å². The van der Waals surface area contributed by atoms with Crippen molar-refractivity contribution in [2.75, 3.05) is 0 Å². The number of rotatable bonds is 4. The fraction of sp³-hybridized carbons (Fsp3) is 0. The van der Waals surface area contributed by atoms with Crippen LogP contribution in [0.25, 0.3) is 22.8 Å². The van der Waals surface area contributed by atoms with Gasteiger partial charge in [-0.05, 0) is 24.4 Å². The number of H-pyrrole nitrogens is 2. The predicted octanol–water partition coefficient (Wildman–Crippen LogP) is 4.64. The molecule has 4 rings (SSSR count). The molecule has 0 spiro atoms. The molecule has 0 fully saturated rings. The molecule has 2 heterocycles. The van der Waals surface area contributed by atoms with E-state index in [-0.39, 0.29) is 0 Å². The molecule has 26 heavy (non-hydrogen) atoms. The lowest BCUT2D eigenvalue weighted by molar-refractivity contribution is 0.865. The second-order valence-corrected chi connectivity index (χ2v) is 6.70. The first kappa shape index (κ1) is 16.6. The van der Waals surface area contributed by atoms with Crippen LogP contribution in [-0.4, -0.2) is 31.3 Å². The molecule has 0 bridgehead atoms. The van der Waals surface area contributed by atoms with Gasteiger partial charge in [-0.15, -0.1) is 0 Å². The highest BCUT2D eigenvalue weighted by Gasteiger charge is 2.12. The molecule has 0 aliphatic carbocycles. The van der Waals surface area contributed by atoms with Gasteiger partial charge < -0.3 is 0 Å². The van der Waals surface area contributed by atoms with Gasteiger partial charge in [0.05, 0.1) is 11.9 Å². The van der Waals surface area contributed by atoms with E-state index in [0.29, 0.717) is 10.6 Å². The third kappa shape index (κ3) is 3.29. The van der Waals surface area contributed by atoms with Gasteiger partial charge >= 0.3 is 0 Å². The minimum absolute atomic E-state index is 0.402. The van der Waals surface area contributed by atoms with Crippen LogP contribution in [0.1, 0.15) is 5.56 Å². The van der Waals surface area contributed by atoms with Gasteiger partial charge in [0, 0.05) is 15.6 Å².